The standard InChI is InChI=1S/C14H16N4O4/c1-9(2)16-10(8-15)5-6-17-12-4-3-11(18(20)21)7-13(12)22-14(17)19/h3-4,7,9-10,16H,5-6H2,1-2H3. The lowest BCUT2D eigenvalue weighted by molar-refractivity contribution is -0.384. The van der Waals surface area contributed by atoms with Gasteiger partial charge in [-0.25, -0.2) is 4.79 Å². The minimum absolute atomic E-state index is 0.134. The van der Waals surface area contributed by atoms with Crippen LogP contribution in [0.25, 0.3) is 11.1 Å². The lowest BCUT2D eigenvalue weighted by Crippen LogP contribution is -2.35. The second-order valence-electron chi connectivity index (χ2n) is 5.22. The van der Waals surface area contributed by atoms with Crippen LogP contribution in [0.3, 0.4) is 0 Å². The molecule has 0 saturated heterocycles. The molecular formula is C14H16N4O4. The molecule has 1 unspecified atom stereocenters. The first-order chi connectivity index (χ1) is 10.4. The van der Waals surface area contributed by atoms with Crippen molar-refractivity contribution >= 4 is 16.8 Å². The predicted molar refractivity (Wildman–Crippen MR) is 79.4 cm³/mol. The van der Waals surface area contributed by atoms with Crippen molar-refractivity contribution in [2.24, 2.45) is 0 Å². The van der Waals surface area contributed by atoms with Crippen molar-refractivity contribution in [2.45, 2.75) is 38.9 Å². The molecule has 8 nitrogen and oxygen atoms in total. The van der Waals surface area contributed by atoms with Crippen LogP contribution in [0, 0.1) is 21.4 Å². The summed E-state index contributed by atoms with van der Waals surface area (Å²) < 4.78 is 6.42. The molecule has 0 spiro atoms. The summed E-state index contributed by atoms with van der Waals surface area (Å²) in [5, 5.41) is 22.9. The Morgan fingerprint density at radius 2 is 2.23 bits per heavy atom. The zero-order chi connectivity index (χ0) is 16.3. The first-order valence-electron chi connectivity index (χ1n) is 6.86. The molecule has 0 amide bonds. The van der Waals surface area contributed by atoms with E-state index in [2.05, 4.69) is 11.4 Å². The summed E-state index contributed by atoms with van der Waals surface area (Å²) in [5.74, 6) is -0.586. The lowest BCUT2D eigenvalue weighted by atomic mass is 10.2. The number of nitro benzene ring substituents is 1. The first-order valence-corrected chi connectivity index (χ1v) is 6.86. The third-order valence-electron chi connectivity index (χ3n) is 3.19. The van der Waals surface area contributed by atoms with Gasteiger partial charge in [0.25, 0.3) is 5.69 Å². The Bertz CT molecular complexity index is 784. The molecule has 0 bridgehead atoms. The van der Waals surface area contributed by atoms with E-state index in [-0.39, 0.29) is 23.4 Å². The molecule has 1 N–H and O–H groups in total. The highest BCUT2D eigenvalue weighted by Gasteiger charge is 2.16. The average Bonchev–Trinajstić information content (AvgIpc) is 2.77. The van der Waals surface area contributed by atoms with Gasteiger partial charge in [0.1, 0.15) is 0 Å². The van der Waals surface area contributed by atoms with Crippen molar-refractivity contribution in [3.05, 3.63) is 38.9 Å². The monoisotopic (exact) mass is 304 g/mol. The van der Waals surface area contributed by atoms with E-state index in [0.29, 0.717) is 18.5 Å². The maximum atomic E-state index is 11.9. The van der Waals surface area contributed by atoms with Crippen molar-refractivity contribution in [1.82, 2.24) is 9.88 Å². The Balaban J connectivity index is 2.25. The SMILES string of the molecule is CC(C)NC(C#N)CCn1c(=O)oc2cc([N+](=O)[O-])ccc21. The number of hydrogen-bond acceptors (Lipinski definition) is 6. The molecule has 0 fully saturated rings. The van der Waals surface area contributed by atoms with Gasteiger partial charge in [-0.3, -0.25) is 20.0 Å². The second-order valence-corrected chi connectivity index (χ2v) is 5.22. The molecule has 1 atom stereocenters. The van der Waals surface area contributed by atoms with E-state index in [1.165, 1.54) is 22.8 Å². The fourth-order valence-electron chi connectivity index (χ4n) is 2.23. The van der Waals surface area contributed by atoms with Crippen molar-refractivity contribution in [3.63, 3.8) is 0 Å². The molecule has 0 aliphatic heterocycles. The molecular weight excluding hydrogens is 288 g/mol. The fraction of sp³-hybridized carbons (Fsp3) is 0.429. The zero-order valence-corrected chi connectivity index (χ0v) is 12.3. The topological polar surface area (TPSA) is 114 Å². The molecule has 0 saturated carbocycles. The van der Waals surface area contributed by atoms with Gasteiger partial charge in [-0.05, 0) is 26.3 Å². The number of nitriles is 1. The molecule has 1 aromatic heterocycles. The van der Waals surface area contributed by atoms with Gasteiger partial charge in [0.05, 0.1) is 28.6 Å². The van der Waals surface area contributed by atoms with Gasteiger partial charge in [0, 0.05) is 18.7 Å². The van der Waals surface area contributed by atoms with Crippen LogP contribution in [0.5, 0.6) is 0 Å². The fourth-order valence-corrected chi connectivity index (χ4v) is 2.23. The minimum atomic E-state index is -0.586. The Hall–Kier alpha value is -2.66. The number of aryl methyl sites for hydroxylation is 1. The van der Waals surface area contributed by atoms with E-state index in [1.54, 1.807) is 0 Å². The van der Waals surface area contributed by atoms with Gasteiger partial charge in [0.15, 0.2) is 5.58 Å². The molecule has 8 heteroatoms. The summed E-state index contributed by atoms with van der Waals surface area (Å²) in [6.45, 7) is 4.16. The van der Waals surface area contributed by atoms with Crippen LogP contribution < -0.4 is 11.1 Å². The maximum absolute atomic E-state index is 11.9. The van der Waals surface area contributed by atoms with E-state index in [0.717, 1.165) is 0 Å². The summed E-state index contributed by atoms with van der Waals surface area (Å²) in [7, 11) is 0. The Kier molecular flexibility index (Phi) is 4.58. The second kappa shape index (κ2) is 6.41. The smallest absolute Gasteiger partial charge is 0.407 e. The summed E-state index contributed by atoms with van der Waals surface area (Å²) in [6.07, 6.45) is 0.431. The number of aromatic nitrogens is 1. The van der Waals surface area contributed by atoms with Crippen LogP contribution in [0.4, 0.5) is 5.69 Å². The van der Waals surface area contributed by atoms with Gasteiger partial charge >= 0.3 is 5.76 Å². The zero-order valence-electron chi connectivity index (χ0n) is 12.3. The lowest BCUT2D eigenvalue weighted by Gasteiger charge is -2.14. The van der Waals surface area contributed by atoms with Crippen LogP contribution in [0.15, 0.2) is 27.4 Å². The third kappa shape index (κ3) is 3.32. The number of non-ortho nitro benzene ring substituents is 1. The molecule has 22 heavy (non-hydrogen) atoms. The minimum Gasteiger partial charge on any atom is -0.407 e. The van der Waals surface area contributed by atoms with Gasteiger partial charge < -0.3 is 4.42 Å². The average molecular weight is 304 g/mol. The summed E-state index contributed by atoms with van der Waals surface area (Å²) >= 11 is 0. The van der Waals surface area contributed by atoms with Crippen LogP contribution >= 0.6 is 0 Å². The van der Waals surface area contributed by atoms with E-state index in [4.69, 9.17) is 9.68 Å². The summed E-state index contributed by atoms with van der Waals surface area (Å²) in [5.41, 5.74) is 0.520. The van der Waals surface area contributed by atoms with Crippen LogP contribution in [-0.2, 0) is 6.54 Å². The van der Waals surface area contributed by atoms with Gasteiger partial charge in [-0.2, -0.15) is 5.26 Å². The molecule has 116 valence electrons. The predicted octanol–water partition coefficient (Wildman–Crippen LogP) is 1.78. The Morgan fingerprint density at radius 1 is 1.50 bits per heavy atom. The van der Waals surface area contributed by atoms with Crippen molar-refractivity contribution in [2.75, 3.05) is 0 Å². The van der Waals surface area contributed by atoms with E-state index < -0.39 is 10.7 Å². The van der Waals surface area contributed by atoms with E-state index in [9.17, 15) is 14.9 Å². The molecule has 1 aromatic carbocycles. The molecule has 2 aromatic rings. The number of rotatable bonds is 6. The molecule has 0 radical (unpaired) electrons. The van der Waals surface area contributed by atoms with Crippen molar-refractivity contribution in [3.8, 4) is 6.07 Å². The van der Waals surface area contributed by atoms with Gasteiger partial charge in [-0.15, -0.1) is 0 Å². The van der Waals surface area contributed by atoms with Crippen molar-refractivity contribution in [1.29, 1.82) is 5.26 Å². The Morgan fingerprint density at radius 3 is 2.82 bits per heavy atom. The summed E-state index contributed by atoms with van der Waals surface area (Å²) in [6, 6.07) is 5.95. The molecule has 1 heterocycles. The third-order valence-corrected chi connectivity index (χ3v) is 3.19. The van der Waals surface area contributed by atoms with Crippen LogP contribution in [0.2, 0.25) is 0 Å². The number of oxazole rings is 1. The normalized spacial score (nSPS) is 12.5. The van der Waals surface area contributed by atoms with Crippen molar-refractivity contribution < 1.29 is 9.34 Å². The highest BCUT2D eigenvalue weighted by Crippen LogP contribution is 2.20. The highest BCUT2D eigenvalue weighted by atomic mass is 16.6. The van der Waals surface area contributed by atoms with Crippen LogP contribution in [-0.4, -0.2) is 21.6 Å². The quantitative estimate of drug-likeness (QED) is 0.642. The van der Waals surface area contributed by atoms with Gasteiger partial charge in [-0.1, -0.05) is 0 Å². The van der Waals surface area contributed by atoms with E-state index in [1.807, 2.05) is 13.8 Å². The Labute approximate surface area is 126 Å². The molecule has 0 aliphatic rings. The number of nitro groups is 1. The molecule has 0 aliphatic carbocycles. The largest absolute Gasteiger partial charge is 0.419 e. The number of nitrogens with zero attached hydrogens (tertiary/aromatic N) is 3. The first kappa shape index (κ1) is 15.7. The number of nitrogens with one attached hydrogen (secondary N) is 1. The maximum Gasteiger partial charge on any atom is 0.419 e. The van der Waals surface area contributed by atoms with Gasteiger partial charge in [0.2, 0.25) is 0 Å². The highest BCUT2D eigenvalue weighted by molar-refractivity contribution is 5.75. The molecule has 2 rings (SSSR count). The number of benzene rings is 1. The van der Waals surface area contributed by atoms with Crippen LogP contribution in [0.1, 0.15) is 20.3 Å². The number of hydrogen-bond donors (Lipinski definition) is 1. The summed E-state index contributed by atoms with van der Waals surface area (Å²) in [4.78, 5) is 22.0. The van der Waals surface area contributed by atoms with E-state index >= 15 is 0 Å². The number of fused-ring (bicyclic) bond motifs is 1.